The van der Waals surface area contributed by atoms with Crippen LogP contribution in [-0.2, 0) is 0 Å². The summed E-state index contributed by atoms with van der Waals surface area (Å²) in [6.07, 6.45) is 0. The molecule has 1 aliphatic rings. The van der Waals surface area contributed by atoms with Crippen molar-refractivity contribution in [3.8, 4) is 16.9 Å². The fourth-order valence-electron chi connectivity index (χ4n) is 2.08. The second-order valence-electron chi connectivity index (χ2n) is 5.43. The van der Waals surface area contributed by atoms with E-state index in [9.17, 15) is 0 Å². The van der Waals surface area contributed by atoms with Crippen molar-refractivity contribution < 1.29 is 25.9 Å². The first-order valence-corrected chi connectivity index (χ1v) is 8.26. The summed E-state index contributed by atoms with van der Waals surface area (Å²) in [5.74, 6) is 0.974. The minimum Gasteiger partial charge on any atom is -0.488 e. The number of fused-ring (bicyclic) bond motifs is 3. The van der Waals surface area contributed by atoms with Gasteiger partial charge in [0.25, 0.3) is 0 Å². The topological polar surface area (TPSA) is 9.23 Å². The quantitative estimate of drug-likeness (QED) is 0.594. The zero-order valence-corrected chi connectivity index (χ0v) is 13.0. The van der Waals surface area contributed by atoms with Gasteiger partial charge in [0, 0.05) is 11.1 Å². The van der Waals surface area contributed by atoms with Gasteiger partial charge in [-0.05, 0) is 51.1 Å². The van der Waals surface area contributed by atoms with Crippen LogP contribution in [0.2, 0.25) is 0 Å². The molecular formula is C16H16IO+. The molecule has 0 radical (unpaired) electrons. The minimum atomic E-state index is -0.137. The predicted molar refractivity (Wildman–Crippen MR) is 69.7 cm³/mol. The summed E-state index contributed by atoms with van der Waals surface area (Å²) in [6.45, 7) is 6.25. The predicted octanol–water partition coefficient (Wildman–Crippen LogP) is 0.973. The van der Waals surface area contributed by atoms with E-state index in [0.29, 0.717) is 0 Å². The molecule has 2 heteroatoms. The van der Waals surface area contributed by atoms with Gasteiger partial charge >= 0.3 is 21.2 Å². The normalized spacial score (nSPS) is 13.1. The zero-order valence-electron chi connectivity index (χ0n) is 10.8. The molecule has 0 spiro atoms. The fraction of sp³-hybridized carbons (Fsp3) is 0.250. The Kier molecular flexibility index (Phi) is 2.85. The van der Waals surface area contributed by atoms with E-state index in [1.807, 2.05) is 0 Å². The molecule has 0 amide bonds. The van der Waals surface area contributed by atoms with Gasteiger partial charge in [-0.3, -0.25) is 0 Å². The van der Waals surface area contributed by atoms with E-state index < -0.39 is 0 Å². The van der Waals surface area contributed by atoms with E-state index in [1.165, 1.54) is 18.3 Å². The average Bonchev–Trinajstić information content (AvgIpc) is 2.65. The Labute approximate surface area is 118 Å². The van der Waals surface area contributed by atoms with Crippen LogP contribution in [0.25, 0.3) is 11.1 Å². The summed E-state index contributed by atoms with van der Waals surface area (Å²) in [5, 5.41) is 0. The van der Waals surface area contributed by atoms with E-state index in [4.69, 9.17) is 4.74 Å². The molecule has 0 fully saturated rings. The SMILES string of the molecule is CC(C)(C)Oc1ccc2c(c1)-c1ccccc1[I+]2. The Balaban J connectivity index is 2.03. The number of ether oxygens (including phenoxy) is 1. The van der Waals surface area contributed by atoms with Crippen LogP contribution >= 0.6 is 0 Å². The number of rotatable bonds is 1. The maximum absolute atomic E-state index is 5.95. The molecule has 2 aromatic rings. The lowest BCUT2D eigenvalue weighted by molar-refractivity contribution is -0.589. The van der Waals surface area contributed by atoms with E-state index in [0.717, 1.165) is 5.75 Å². The van der Waals surface area contributed by atoms with Gasteiger partial charge in [-0.1, -0.05) is 12.1 Å². The third-order valence-corrected chi connectivity index (χ3v) is 5.77. The maximum Gasteiger partial charge on any atom is 0.359 e. The van der Waals surface area contributed by atoms with Crippen LogP contribution in [0.3, 0.4) is 0 Å². The zero-order chi connectivity index (χ0) is 12.8. The average molecular weight is 351 g/mol. The van der Waals surface area contributed by atoms with Gasteiger partial charge in [-0.15, -0.1) is 0 Å². The van der Waals surface area contributed by atoms with E-state index in [-0.39, 0.29) is 26.8 Å². The molecule has 0 unspecified atom stereocenters. The summed E-state index contributed by atoms with van der Waals surface area (Å²) in [6, 6.07) is 15.3. The Hall–Kier alpha value is -1.03. The molecule has 0 aliphatic carbocycles. The Bertz CT molecular complexity index is 596. The van der Waals surface area contributed by atoms with Crippen LogP contribution in [0.1, 0.15) is 20.8 Å². The summed E-state index contributed by atoms with van der Waals surface area (Å²) in [7, 11) is 0. The van der Waals surface area contributed by atoms with E-state index >= 15 is 0 Å². The van der Waals surface area contributed by atoms with Crippen LogP contribution < -0.4 is 25.9 Å². The lowest BCUT2D eigenvalue weighted by Gasteiger charge is -2.21. The monoisotopic (exact) mass is 351 g/mol. The standard InChI is InChI=1S/C16H16IO/c1-16(2,3)18-11-8-9-15-13(10-11)12-6-4-5-7-14(12)17-15/h4-10H,1-3H3/q+1. The number of benzene rings is 2. The molecule has 1 nitrogen and oxygen atoms in total. The Morgan fingerprint density at radius 3 is 2.39 bits per heavy atom. The molecule has 0 aromatic heterocycles. The van der Waals surface area contributed by atoms with Crippen molar-refractivity contribution >= 4 is 0 Å². The molecule has 92 valence electrons. The molecular weight excluding hydrogens is 335 g/mol. The minimum absolute atomic E-state index is 0.000378. The van der Waals surface area contributed by atoms with Crippen molar-refractivity contribution in [1.29, 1.82) is 0 Å². The summed E-state index contributed by atoms with van der Waals surface area (Å²) in [4.78, 5) is 0. The van der Waals surface area contributed by atoms with Gasteiger partial charge in [0.15, 0.2) is 0 Å². The van der Waals surface area contributed by atoms with Crippen molar-refractivity contribution in [2.75, 3.05) is 0 Å². The van der Waals surface area contributed by atoms with Crippen LogP contribution in [-0.4, -0.2) is 5.60 Å². The fourth-order valence-corrected chi connectivity index (χ4v) is 4.95. The van der Waals surface area contributed by atoms with Gasteiger partial charge in [0.2, 0.25) is 7.14 Å². The van der Waals surface area contributed by atoms with Crippen LogP contribution in [0.15, 0.2) is 42.5 Å². The van der Waals surface area contributed by atoms with E-state index in [2.05, 4.69) is 63.2 Å². The second-order valence-corrected chi connectivity index (χ2v) is 8.29. The largest absolute Gasteiger partial charge is 0.488 e. The number of hydrogen-bond acceptors (Lipinski definition) is 1. The third-order valence-electron chi connectivity index (χ3n) is 2.73. The van der Waals surface area contributed by atoms with Crippen molar-refractivity contribution in [2.24, 2.45) is 0 Å². The molecule has 2 aromatic carbocycles. The molecule has 1 aliphatic heterocycles. The van der Waals surface area contributed by atoms with Gasteiger partial charge in [-0.25, -0.2) is 0 Å². The van der Waals surface area contributed by atoms with Gasteiger partial charge in [0.05, 0.1) is 0 Å². The van der Waals surface area contributed by atoms with Crippen LogP contribution in [0, 0.1) is 7.14 Å². The molecule has 0 atom stereocenters. The van der Waals surface area contributed by atoms with Crippen molar-refractivity contribution in [1.82, 2.24) is 0 Å². The molecule has 18 heavy (non-hydrogen) atoms. The lowest BCUT2D eigenvalue weighted by Crippen LogP contribution is -3.61. The lowest BCUT2D eigenvalue weighted by atomic mass is 10.1. The summed E-state index contributed by atoms with van der Waals surface area (Å²) < 4.78 is 8.99. The smallest absolute Gasteiger partial charge is 0.359 e. The maximum atomic E-state index is 5.95. The van der Waals surface area contributed by atoms with Gasteiger partial charge in [-0.2, -0.15) is 0 Å². The first-order valence-electron chi connectivity index (χ1n) is 6.10. The summed E-state index contributed by atoms with van der Waals surface area (Å²) >= 11 is 0.000378. The number of hydrogen-bond donors (Lipinski definition) is 0. The molecule has 0 N–H and O–H groups in total. The highest BCUT2D eigenvalue weighted by molar-refractivity contribution is 5.66. The molecule has 0 saturated heterocycles. The molecule has 1 heterocycles. The highest BCUT2D eigenvalue weighted by atomic mass is 127. The second kappa shape index (κ2) is 4.26. The highest BCUT2D eigenvalue weighted by Gasteiger charge is 2.33. The molecule has 0 saturated carbocycles. The number of halogens is 1. The third kappa shape index (κ3) is 2.26. The Morgan fingerprint density at radius 2 is 1.61 bits per heavy atom. The first-order chi connectivity index (χ1) is 8.53. The molecule has 3 rings (SSSR count). The first kappa shape index (κ1) is 12.0. The van der Waals surface area contributed by atoms with Crippen LogP contribution in [0.4, 0.5) is 0 Å². The Morgan fingerprint density at radius 1 is 0.889 bits per heavy atom. The van der Waals surface area contributed by atoms with Crippen LogP contribution in [0.5, 0.6) is 5.75 Å². The highest BCUT2D eigenvalue weighted by Crippen LogP contribution is 2.28. The summed E-state index contributed by atoms with van der Waals surface area (Å²) in [5.41, 5.74) is 2.64. The molecule has 0 bridgehead atoms. The van der Waals surface area contributed by atoms with Crippen molar-refractivity contribution in [3.05, 3.63) is 49.6 Å². The van der Waals surface area contributed by atoms with Crippen molar-refractivity contribution in [2.45, 2.75) is 26.4 Å². The van der Waals surface area contributed by atoms with Gasteiger partial charge in [0.1, 0.15) is 11.4 Å². The van der Waals surface area contributed by atoms with Crippen molar-refractivity contribution in [3.63, 3.8) is 0 Å². The van der Waals surface area contributed by atoms with E-state index in [1.54, 1.807) is 0 Å². The van der Waals surface area contributed by atoms with Gasteiger partial charge < -0.3 is 4.74 Å².